The average molecular weight is 807 g/mol. The fourth-order valence-corrected chi connectivity index (χ4v) is 0. The number of hydrogen-bond donors (Lipinski definition) is 0. The second-order valence-corrected chi connectivity index (χ2v) is 1.25. The minimum atomic E-state index is -2.33. The third-order valence-corrected chi connectivity index (χ3v) is 0. The molecule has 0 aliphatic rings. The molecule has 0 aromatic carbocycles. The van der Waals surface area contributed by atoms with E-state index in [1.165, 1.54) is 0 Å². The number of carboxylic acid groups (broad SMARTS) is 10. The van der Waals surface area contributed by atoms with E-state index in [1.807, 2.05) is 0 Å². The summed E-state index contributed by atoms with van der Waals surface area (Å²) in [4.78, 5) is 41.7. The molecular formula is C5HClO15ThU. The van der Waals surface area contributed by atoms with E-state index in [9.17, 15) is 0 Å². The average Bonchev–Trinajstić information content (AvgIpc) is 1.94. The SMILES string of the molecule is Cl.O=C([O-])[O-].O=C([O-])[O-].O=C([O-])[O-].O=C([O-])[O-].O=C([O-])[O-].[Th+4].[U+6]. The van der Waals surface area contributed by atoms with E-state index in [0.717, 1.165) is 0 Å². The summed E-state index contributed by atoms with van der Waals surface area (Å²) in [5.41, 5.74) is 0. The third kappa shape index (κ3) is 7860. The molecular weight excluding hydrogens is 806 g/mol. The van der Waals surface area contributed by atoms with Crippen molar-refractivity contribution >= 4 is 43.2 Å². The molecule has 0 saturated carbocycles. The van der Waals surface area contributed by atoms with Gasteiger partial charge in [0.05, 0.1) is 0 Å². The van der Waals surface area contributed by atoms with Crippen molar-refractivity contribution in [1.29, 1.82) is 0 Å². The molecule has 0 spiro atoms. The first kappa shape index (κ1) is 49.5. The van der Waals surface area contributed by atoms with Gasteiger partial charge in [-0.15, -0.1) is 12.4 Å². The molecule has 0 aliphatic carbocycles. The maximum absolute atomic E-state index is 8.33. The molecule has 18 heteroatoms. The van der Waals surface area contributed by atoms with Gasteiger partial charge in [-0.1, -0.05) is 0 Å². The van der Waals surface area contributed by atoms with E-state index in [4.69, 9.17) is 75.0 Å². The smallest absolute Gasteiger partial charge is 0.652 e. The molecule has 0 aliphatic heterocycles. The second-order valence-electron chi connectivity index (χ2n) is 1.25. The van der Waals surface area contributed by atoms with Crippen LogP contribution >= 0.6 is 12.4 Å². The van der Waals surface area contributed by atoms with Crippen LogP contribution in [0.5, 0.6) is 0 Å². The summed E-state index contributed by atoms with van der Waals surface area (Å²) in [7, 11) is 0. The summed E-state index contributed by atoms with van der Waals surface area (Å²) in [5.74, 6) is 0. The van der Waals surface area contributed by atoms with Gasteiger partial charge in [-0.2, -0.15) is 0 Å². The Bertz CT molecular complexity index is 219. The summed E-state index contributed by atoms with van der Waals surface area (Å²) < 4.78 is 0. The minimum absolute atomic E-state index is 0. The predicted octanol–water partition coefficient (Wildman–Crippen LogP) is -11.8. The van der Waals surface area contributed by atoms with Crippen LogP contribution in [0.2, 0.25) is 0 Å². The van der Waals surface area contributed by atoms with Gasteiger partial charge in [0.25, 0.3) is 0 Å². The summed E-state index contributed by atoms with van der Waals surface area (Å²) >= 11 is 0. The molecule has 15 nitrogen and oxygen atoms in total. The molecule has 0 unspecified atom stereocenters. The van der Waals surface area contributed by atoms with Crippen molar-refractivity contribution in [1.82, 2.24) is 0 Å². The van der Waals surface area contributed by atoms with Crippen LogP contribution in [0.4, 0.5) is 24.0 Å². The maximum atomic E-state index is 8.33. The van der Waals surface area contributed by atoms with Crippen molar-refractivity contribution < 1.29 is 146 Å². The van der Waals surface area contributed by atoms with E-state index >= 15 is 0 Å². The van der Waals surface area contributed by atoms with Gasteiger partial charge in [0, 0.05) is 0 Å². The fourth-order valence-electron chi connectivity index (χ4n) is 0. The third-order valence-electron chi connectivity index (χ3n) is 0. The van der Waals surface area contributed by atoms with Gasteiger partial charge in [0.15, 0.2) is 0 Å². The van der Waals surface area contributed by atoms with E-state index in [1.54, 1.807) is 0 Å². The Labute approximate surface area is 187 Å². The first-order valence-electron chi connectivity index (χ1n) is 3.06. The van der Waals surface area contributed by atoms with Crippen molar-refractivity contribution in [3.05, 3.63) is 0 Å². The van der Waals surface area contributed by atoms with Crippen molar-refractivity contribution in [3.8, 4) is 0 Å². The van der Waals surface area contributed by atoms with Gasteiger partial charge < -0.3 is 75.0 Å². The summed E-state index contributed by atoms with van der Waals surface area (Å²) in [6, 6.07) is 0. The Kier molecular flexibility index (Phi) is 92.2. The number of halogens is 1. The number of carbonyl (C=O) groups is 5. The van der Waals surface area contributed by atoms with Gasteiger partial charge in [0.2, 0.25) is 0 Å². The Hall–Kier alpha value is -0.983. The predicted molar refractivity (Wildman–Crippen MR) is 34.2 cm³/mol. The fraction of sp³-hybridized carbons (Fsp3) is 0. The summed E-state index contributed by atoms with van der Waals surface area (Å²) in [6.07, 6.45) is -11.7. The molecule has 0 bridgehead atoms. The van der Waals surface area contributed by atoms with Crippen LogP contribution in [-0.2, 0) is 0 Å². The Morgan fingerprint density at radius 2 is 0.391 bits per heavy atom. The topological polar surface area (TPSA) is 316 Å². The molecule has 0 aromatic heterocycles. The zero-order valence-electron chi connectivity index (χ0n) is 10.0. The number of carbonyl (C=O) groups excluding carboxylic acids is 5. The molecule has 0 heterocycles. The van der Waals surface area contributed by atoms with Crippen molar-refractivity contribution in [2.75, 3.05) is 0 Å². The molecule has 0 amide bonds. The number of rotatable bonds is 0. The molecule has 0 rings (SSSR count). The first-order valence-corrected chi connectivity index (χ1v) is 3.06. The van der Waals surface area contributed by atoms with Gasteiger partial charge in [0.1, 0.15) is 0 Å². The molecule has 0 fully saturated rings. The molecule has 0 atom stereocenters. The zero-order chi connectivity index (χ0) is 17.9. The van der Waals surface area contributed by atoms with Gasteiger partial charge in [-0.3, -0.25) is 0 Å². The Balaban J connectivity index is -0.0000000197. The van der Waals surface area contributed by atoms with Crippen molar-refractivity contribution in [3.63, 3.8) is 0 Å². The molecule has 23 heavy (non-hydrogen) atoms. The molecule has 0 radical (unpaired) electrons. The molecule has 126 valence electrons. The van der Waals surface area contributed by atoms with Crippen LogP contribution < -0.4 is 51.1 Å². The van der Waals surface area contributed by atoms with Crippen LogP contribution in [0.15, 0.2) is 0 Å². The summed E-state index contributed by atoms with van der Waals surface area (Å²) in [5, 5.41) is 83.3. The van der Waals surface area contributed by atoms with Gasteiger partial charge in [-0.25, -0.2) is 0 Å². The van der Waals surface area contributed by atoms with E-state index < -0.39 is 30.8 Å². The van der Waals surface area contributed by atoms with Crippen LogP contribution in [-0.4, -0.2) is 30.8 Å². The van der Waals surface area contributed by atoms with Crippen LogP contribution in [0, 0.1) is 71.1 Å². The normalized spacial score (nSPS) is 5.22. The second kappa shape index (κ2) is 42.9. The van der Waals surface area contributed by atoms with Crippen LogP contribution in [0.25, 0.3) is 0 Å². The molecule has 0 aromatic rings. The molecule has 0 N–H and O–H groups in total. The minimum Gasteiger partial charge on any atom is -0.652 e. The molecule has 0 saturated heterocycles. The van der Waals surface area contributed by atoms with Crippen LogP contribution in [0.3, 0.4) is 0 Å². The maximum Gasteiger partial charge on any atom is 6.00 e. The Morgan fingerprint density at radius 3 is 0.391 bits per heavy atom. The summed E-state index contributed by atoms with van der Waals surface area (Å²) in [6.45, 7) is 0. The first-order chi connectivity index (χ1) is 8.66. The van der Waals surface area contributed by atoms with Crippen molar-refractivity contribution in [2.24, 2.45) is 0 Å². The monoisotopic (exact) mass is 806 g/mol. The largest absolute Gasteiger partial charge is 6.00 e. The van der Waals surface area contributed by atoms with Gasteiger partial charge in [-0.05, 0) is 30.8 Å². The quantitative estimate of drug-likeness (QED) is 0.219. The van der Waals surface area contributed by atoms with E-state index in [2.05, 4.69) is 0 Å². The zero-order valence-corrected chi connectivity index (χ0v) is 19.1. The Morgan fingerprint density at radius 1 is 0.391 bits per heavy atom. The number of hydrogen-bond acceptors (Lipinski definition) is 15. The van der Waals surface area contributed by atoms with Crippen LogP contribution in [0.1, 0.15) is 0 Å². The van der Waals surface area contributed by atoms with Crippen molar-refractivity contribution in [2.45, 2.75) is 0 Å². The van der Waals surface area contributed by atoms with E-state index in [-0.39, 0.29) is 83.5 Å². The van der Waals surface area contributed by atoms with Gasteiger partial charge >= 0.3 is 71.1 Å². The van der Waals surface area contributed by atoms with E-state index in [0.29, 0.717) is 0 Å². The standard InChI is InChI=1S/5CH2O3.ClH.Th.U/c5*2-1(3)4;;;/h5*(H2,2,3,4);1H;;/q;;;;;;+4;+6/p-10.